The summed E-state index contributed by atoms with van der Waals surface area (Å²) in [6.45, 7) is 1.91. The molecular weight excluding hydrogens is 327 g/mol. The zero-order chi connectivity index (χ0) is 18.0. The number of methoxy groups -OCH3 is 1. The fourth-order valence-electron chi connectivity index (χ4n) is 2.99. The zero-order valence-electron chi connectivity index (χ0n) is 13.8. The molecule has 0 aliphatic carbocycles. The minimum atomic E-state index is -1.52. The summed E-state index contributed by atoms with van der Waals surface area (Å²) in [5.74, 6) is -0.621. The van der Waals surface area contributed by atoms with Gasteiger partial charge in [0, 0.05) is 17.5 Å². The number of halogens is 1. The van der Waals surface area contributed by atoms with Gasteiger partial charge < -0.3 is 14.8 Å². The van der Waals surface area contributed by atoms with E-state index in [9.17, 15) is 9.18 Å². The first-order valence-electron chi connectivity index (χ1n) is 7.90. The number of pyridine rings is 2. The topological polar surface area (TPSA) is 97.1 Å². The van der Waals surface area contributed by atoms with Crippen molar-refractivity contribution in [3.8, 4) is 17.8 Å². The van der Waals surface area contributed by atoms with E-state index in [0.29, 0.717) is 22.9 Å². The van der Waals surface area contributed by atoms with Gasteiger partial charge in [0.2, 0.25) is 11.8 Å². The van der Waals surface area contributed by atoms with Gasteiger partial charge in [-0.3, -0.25) is 4.79 Å². The molecule has 0 saturated carbocycles. The van der Waals surface area contributed by atoms with Crippen LogP contribution < -0.4 is 14.8 Å². The number of ether oxygens (including phenoxy) is 2. The lowest BCUT2D eigenvalue weighted by molar-refractivity contribution is -0.123. The predicted octanol–water partition coefficient (Wildman–Crippen LogP) is 1.75. The van der Waals surface area contributed by atoms with E-state index >= 15 is 0 Å². The number of rotatable bonds is 5. The highest BCUT2D eigenvalue weighted by atomic mass is 19.1. The number of aromatic nitrogens is 2. The standard InChI is InChI=1S/C17H17FN4O3/c1-3-11-12(21-15(23)13(11)18)8-25-17-14-9(4-5-20-17)6-10(7-19)16(22-14)24-2/h4-6,11-13H,3,8H2,1-2H3,(H,21,23)/t11-,12?,13-/m0/s1. The maximum atomic E-state index is 13.9. The Hall–Kier alpha value is -2.95. The van der Waals surface area contributed by atoms with Crippen molar-refractivity contribution in [3.05, 3.63) is 23.9 Å². The summed E-state index contributed by atoms with van der Waals surface area (Å²) >= 11 is 0. The number of nitrogens with one attached hydrogen (secondary N) is 1. The molecule has 1 aliphatic heterocycles. The summed E-state index contributed by atoms with van der Waals surface area (Å²) in [4.78, 5) is 20.0. The number of amides is 1. The highest BCUT2D eigenvalue weighted by Gasteiger charge is 2.41. The van der Waals surface area contributed by atoms with Gasteiger partial charge in [0.05, 0.1) is 13.2 Å². The first kappa shape index (κ1) is 16.9. The fourth-order valence-corrected chi connectivity index (χ4v) is 2.99. The molecule has 1 fully saturated rings. The first-order chi connectivity index (χ1) is 12.1. The number of fused-ring (bicyclic) bond motifs is 1. The second-order valence-electron chi connectivity index (χ2n) is 5.74. The molecule has 1 unspecified atom stereocenters. The lowest BCUT2D eigenvalue weighted by Crippen LogP contribution is -2.34. The molecule has 1 N–H and O–H groups in total. The third-order valence-corrected chi connectivity index (χ3v) is 4.32. The molecule has 1 saturated heterocycles. The second-order valence-corrected chi connectivity index (χ2v) is 5.74. The molecule has 130 valence electrons. The van der Waals surface area contributed by atoms with Gasteiger partial charge in [0.1, 0.15) is 23.8 Å². The van der Waals surface area contributed by atoms with Gasteiger partial charge >= 0.3 is 0 Å². The molecule has 0 radical (unpaired) electrons. The minimum Gasteiger partial charge on any atom is -0.480 e. The Morgan fingerprint density at radius 3 is 2.92 bits per heavy atom. The van der Waals surface area contributed by atoms with E-state index in [4.69, 9.17) is 14.7 Å². The summed E-state index contributed by atoms with van der Waals surface area (Å²) in [6.07, 6.45) is 0.541. The van der Waals surface area contributed by atoms with Crippen molar-refractivity contribution in [2.24, 2.45) is 5.92 Å². The van der Waals surface area contributed by atoms with Gasteiger partial charge in [-0.05, 0) is 18.6 Å². The van der Waals surface area contributed by atoms with Gasteiger partial charge in [0.25, 0.3) is 5.91 Å². The van der Waals surface area contributed by atoms with Crippen molar-refractivity contribution in [2.75, 3.05) is 13.7 Å². The van der Waals surface area contributed by atoms with E-state index in [1.165, 1.54) is 13.3 Å². The molecule has 7 nitrogen and oxygen atoms in total. The largest absolute Gasteiger partial charge is 0.480 e. The van der Waals surface area contributed by atoms with Gasteiger partial charge in [-0.15, -0.1) is 0 Å². The van der Waals surface area contributed by atoms with E-state index < -0.39 is 24.0 Å². The number of nitrogens with zero attached hydrogens (tertiary/aromatic N) is 3. The van der Waals surface area contributed by atoms with E-state index in [1.807, 2.05) is 13.0 Å². The number of carbonyl (C=O) groups excluding carboxylic acids is 1. The SMILES string of the molecule is CC[C@H]1C(COc2nccc3cc(C#N)c(OC)nc23)NC(=O)[C@H]1F. The summed E-state index contributed by atoms with van der Waals surface area (Å²) in [5.41, 5.74) is 0.744. The minimum absolute atomic E-state index is 0.0841. The summed E-state index contributed by atoms with van der Waals surface area (Å²) in [7, 11) is 1.42. The lowest BCUT2D eigenvalue weighted by Gasteiger charge is -2.18. The highest BCUT2D eigenvalue weighted by molar-refractivity contribution is 5.85. The number of hydrogen-bond donors (Lipinski definition) is 1. The van der Waals surface area contributed by atoms with Crippen molar-refractivity contribution in [1.29, 1.82) is 5.26 Å². The van der Waals surface area contributed by atoms with Crippen molar-refractivity contribution in [3.63, 3.8) is 0 Å². The monoisotopic (exact) mass is 344 g/mol. The normalized spacial score (nSPS) is 22.5. The van der Waals surface area contributed by atoms with Crippen molar-refractivity contribution < 1.29 is 18.7 Å². The van der Waals surface area contributed by atoms with Crippen LogP contribution in [-0.2, 0) is 4.79 Å². The van der Waals surface area contributed by atoms with Gasteiger partial charge in [-0.2, -0.15) is 5.26 Å². The molecule has 1 aliphatic rings. The van der Waals surface area contributed by atoms with Crippen molar-refractivity contribution in [1.82, 2.24) is 15.3 Å². The summed E-state index contributed by atoms with van der Waals surface area (Å²) < 4.78 is 24.7. The second kappa shape index (κ2) is 6.89. The molecule has 8 heteroatoms. The van der Waals surface area contributed by atoms with Crippen LogP contribution in [0, 0.1) is 17.2 Å². The van der Waals surface area contributed by atoms with E-state index in [1.54, 1.807) is 12.1 Å². The average molecular weight is 344 g/mol. The van der Waals surface area contributed by atoms with Crippen molar-refractivity contribution >= 4 is 16.8 Å². The Bertz CT molecular complexity index is 852. The van der Waals surface area contributed by atoms with Crippen LogP contribution in [0.3, 0.4) is 0 Å². The third-order valence-electron chi connectivity index (χ3n) is 4.32. The number of alkyl halides is 1. The molecule has 3 heterocycles. The van der Waals surface area contributed by atoms with Crippen LogP contribution in [0.4, 0.5) is 4.39 Å². The molecule has 25 heavy (non-hydrogen) atoms. The summed E-state index contributed by atoms with van der Waals surface area (Å²) in [6, 6.07) is 4.94. The molecule has 3 rings (SSSR count). The maximum absolute atomic E-state index is 13.9. The smallest absolute Gasteiger partial charge is 0.255 e. The predicted molar refractivity (Wildman–Crippen MR) is 86.9 cm³/mol. The average Bonchev–Trinajstić information content (AvgIpc) is 2.91. The third kappa shape index (κ3) is 3.05. The number of hydrogen-bond acceptors (Lipinski definition) is 6. The van der Waals surface area contributed by atoms with Gasteiger partial charge in [-0.1, -0.05) is 6.92 Å². The van der Waals surface area contributed by atoms with Gasteiger partial charge in [-0.25, -0.2) is 14.4 Å². The molecule has 3 atom stereocenters. The van der Waals surface area contributed by atoms with E-state index in [2.05, 4.69) is 15.3 Å². The van der Waals surface area contributed by atoms with Crippen LogP contribution in [0.25, 0.3) is 10.9 Å². The molecule has 1 amide bonds. The van der Waals surface area contributed by atoms with Crippen molar-refractivity contribution in [2.45, 2.75) is 25.6 Å². The quantitative estimate of drug-likeness (QED) is 0.887. The van der Waals surface area contributed by atoms with E-state index in [-0.39, 0.29) is 18.4 Å². The Balaban J connectivity index is 1.87. The zero-order valence-corrected chi connectivity index (χ0v) is 13.8. The lowest BCUT2D eigenvalue weighted by atomic mass is 9.97. The van der Waals surface area contributed by atoms with Crippen LogP contribution >= 0.6 is 0 Å². The molecule has 2 aromatic rings. The fraction of sp³-hybridized carbons (Fsp3) is 0.412. The van der Waals surface area contributed by atoms with Crippen LogP contribution in [0.5, 0.6) is 11.8 Å². The molecular formula is C17H17FN4O3. The molecule has 0 aromatic carbocycles. The number of nitriles is 1. The maximum Gasteiger partial charge on any atom is 0.255 e. The molecule has 2 aromatic heterocycles. The van der Waals surface area contributed by atoms with Crippen LogP contribution in [0.2, 0.25) is 0 Å². The van der Waals surface area contributed by atoms with E-state index in [0.717, 1.165) is 0 Å². The highest BCUT2D eigenvalue weighted by Crippen LogP contribution is 2.28. The van der Waals surface area contributed by atoms with Gasteiger partial charge in [0.15, 0.2) is 6.17 Å². The van der Waals surface area contributed by atoms with Crippen LogP contribution in [0.15, 0.2) is 18.3 Å². The molecule has 0 bridgehead atoms. The Kier molecular flexibility index (Phi) is 4.65. The summed E-state index contributed by atoms with van der Waals surface area (Å²) in [5, 5.41) is 12.4. The first-order valence-corrected chi connectivity index (χ1v) is 7.90. The van der Waals surface area contributed by atoms with Crippen LogP contribution in [0.1, 0.15) is 18.9 Å². The number of carbonyl (C=O) groups is 1. The Labute approximate surface area is 143 Å². The Morgan fingerprint density at radius 1 is 1.44 bits per heavy atom. The molecule has 0 spiro atoms. The van der Waals surface area contributed by atoms with Crippen LogP contribution in [-0.4, -0.2) is 41.8 Å². The Morgan fingerprint density at radius 2 is 2.24 bits per heavy atom.